The third-order valence-electron chi connectivity index (χ3n) is 5.12. The van der Waals surface area contributed by atoms with Crippen LogP contribution in [-0.2, 0) is 4.79 Å². The number of benzene rings is 2. The van der Waals surface area contributed by atoms with Crippen LogP contribution in [0.15, 0.2) is 60.7 Å². The molecule has 0 radical (unpaired) electrons. The number of rotatable bonds is 3. The van der Waals surface area contributed by atoms with Crippen LogP contribution in [0, 0.1) is 0 Å². The molecule has 2 heterocycles. The number of anilines is 1. The van der Waals surface area contributed by atoms with Crippen LogP contribution in [-0.4, -0.2) is 43.0 Å². The summed E-state index contributed by atoms with van der Waals surface area (Å²) in [5.41, 5.74) is 8.92. The second kappa shape index (κ2) is 7.25. The van der Waals surface area contributed by atoms with E-state index in [-0.39, 0.29) is 18.0 Å². The minimum atomic E-state index is -0.145. The summed E-state index contributed by atoms with van der Waals surface area (Å²) in [5.74, 6) is 0.207. The molecule has 0 aromatic heterocycles. The van der Waals surface area contributed by atoms with Crippen molar-refractivity contribution in [3.8, 4) is 0 Å². The van der Waals surface area contributed by atoms with Gasteiger partial charge in [-0.1, -0.05) is 48.5 Å². The van der Waals surface area contributed by atoms with Gasteiger partial charge in [-0.2, -0.15) is 0 Å². The number of amides is 1. The molecule has 2 atom stereocenters. The summed E-state index contributed by atoms with van der Waals surface area (Å²) in [6.45, 7) is 3.33. The van der Waals surface area contributed by atoms with Gasteiger partial charge in [0.15, 0.2) is 0 Å². The molecule has 2 aromatic carbocycles. The molecule has 0 saturated carbocycles. The van der Waals surface area contributed by atoms with Crippen LogP contribution >= 0.6 is 0 Å². The second-order valence-electron chi connectivity index (χ2n) is 6.69. The highest BCUT2D eigenvalue weighted by atomic mass is 16.2. The second-order valence-corrected chi connectivity index (χ2v) is 6.69. The van der Waals surface area contributed by atoms with Crippen molar-refractivity contribution >= 4 is 11.6 Å². The highest BCUT2D eigenvalue weighted by molar-refractivity contribution is 5.82. The molecular weight excluding hydrogens is 312 g/mol. The van der Waals surface area contributed by atoms with E-state index in [0.29, 0.717) is 0 Å². The number of nitrogens with one attached hydrogen (secondary N) is 2. The Hall–Kier alpha value is -2.37. The van der Waals surface area contributed by atoms with Crippen LogP contribution in [0.1, 0.15) is 18.0 Å². The van der Waals surface area contributed by atoms with Crippen molar-refractivity contribution in [2.45, 2.75) is 18.5 Å². The van der Waals surface area contributed by atoms with Crippen molar-refractivity contribution < 1.29 is 4.79 Å². The van der Waals surface area contributed by atoms with Gasteiger partial charge in [0.05, 0.1) is 0 Å². The first kappa shape index (κ1) is 16.1. The monoisotopic (exact) mass is 336 g/mol. The Kier molecular flexibility index (Phi) is 4.68. The molecule has 0 aliphatic carbocycles. The third-order valence-corrected chi connectivity index (χ3v) is 5.12. The number of carbonyl (C=O) groups is 1. The van der Waals surface area contributed by atoms with Crippen LogP contribution in [0.2, 0.25) is 0 Å². The fraction of sp³-hybridized carbons (Fsp3) is 0.350. The maximum atomic E-state index is 12.8. The maximum absolute atomic E-state index is 12.8. The number of hydrazine groups is 1. The van der Waals surface area contributed by atoms with Gasteiger partial charge in [-0.05, 0) is 24.1 Å². The van der Waals surface area contributed by atoms with Crippen LogP contribution in [0.5, 0.6) is 0 Å². The van der Waals surface area contributed by atoms with Gasteiger partial charge < -0.3 is 9.80 Å². The number of carbonyl (C=O) groups excluding carboxylic acids is 1. The van der Waals surface area contributed by atoms with Gasteiger partial charge in [-0.25, -0.2) is 10.9 Å². The maximum Gasteiger partial charge on any atom is 0.241 e. The third kappa shape index (κ3) is 3.52. The SMILES string of the molecule is O=C(C1CC(c2ccccc2)NN1)N1CCN(c2ccccc2)CC1. The van der Waals surface area contributed by atoms with Crippen molar-refractivity contribution in [3.05, 3.63) is 66.2 Å². The van der Waals surface area contributed by atoms with Gasteiger partial charge in [0.25, 0.3) is 0 Å². The molecule has 2 aromatic rings. The Morgan fingerprint density at radius 2 is 1.48 bits per heavy atom. The smallest absolute Gasteiger partial charge is 0.241 e. The van der Waals surface area contributed by atoms with Gasteiger partial charge in [0.1, 0.15) is 6.04 Å². The van der Waals surface area contributed by atoms with E-state index < -0.39 is 0 Å². The van der Waals surface area contributed by atoms with Gasteiger partial charge in [-0.15, -0.1) is 0 Å². The van der Waals surface area contributed by atoms with Crippen LogP contribution in [0.25, 0.3) is 0 Å². The number of piperazine rings is 1. The Morgan fingerprint density at radius 3 is 2.16 bits per heavy atom. The van der Waals surface area contributed by atoms with E-state index in [1.807, 2.05) is 29.2 Å². The standard InChI is InChI=1S/C20H24N4O/c25-20(19-15-18(21-22-19)16-7-3-1-4-8-16)24-13-11-23(12-14-24)17-9-5-2-6-10-17/h1-10,18-19,21-22H,11-15H2. The average molecular weight is 336 g/mol. The Balaban J connectivity index is 1.32. The van der Waals surface area contributed by atoms with Gasteiger partial charge in [-0.3, -0.25) is 4.79 Å². The molecule has 1 amide bonds. The van der Waals surface area contributed by atoms with Crippen molar-refractivity contribution in [2.24, 2.45) is 0 Å². The molecule has 2 unspecified atom stereocenters. The quantitative estimate of drug-likeness (QED) is 0.899. The predicted molar refractivity (Wildman–Crippen MR) is 99.1 cm³/mol. The van der Waals surface area contributed by atoms with Crippen molar-refractivity contribution in [1.82, 2.24) is 15.8 Å². The van der Waals surface area contributed by atoms with E-state index >= 15 is 0 Å². The summed E-state index contributed by atoms with van der Waals surface area (Å²) < 4.78 is 0. The number of para-hydroxylation sites is 1. The fourth-order valence-corrected chi connectivity index (χ4v) is 3.67. The van der Waals surface area contributed by atoms with Crippen LogP contribution < -0.4 is 15.8 Å². The summed E-state index contributed by atoms with van der Waals surface area (Å²) in [6.07, 6.45) is 0.793. The Bertz CT molecular complexity index is 698. The lowest BCUT2D eigenvalue weighted by molar-refractivity contribution is -0.133. The molecule has 5 heteroatoms. The predicted octanol–water partition coefficient (Wildman–Crippen LogP) is 1.94. The summed E-state index contributed by atoms with van der Waals surface area (Å²) in [4.78, 5) is 17.2. The summed E-state index contributed by atoms with van der Waals surface area (Å²) in [5, 5.41) is 0. The summed E-state index contributed by atoms with van der Waals surface area (Å²) >= 11 is 0. The molecule has 0 spiro atoms. The lowest BCUT2D eigenvalue weighted by Crippen LogP contribution is -2.53. The lowest BCUT2D eigenvalue weighted by Gasteiger charge is -2.37. The molecule has 2 aliphatic heterocycles. The normalized spacial score (nSPS) is 23.7. The average Bonchev–Trinajstić information content (AvgIpc) is 3.19. The fourth-order valence-electron chi connectivity index (χ4n) is 3.67. The first-order valence-electron chi connectivity index (χ1n) is 8.96. The molecule has 2 saturated heterocycles. The van der Waals surface area contributed by atoms with E-state index in [4.69, 9.17) is 0 Å². The zero-order valence-electron chi connectivity index (χ0n) is 14.3. The molecule has 2 N–H and O–H groups in total. The van der Waals surface area contributed by atoms with E-state index in [0.717, 1.165) is 32.6 Å². The first-order valence-corrected chi connectivity index (χ1v) is 8.96. The molecular formula is C20H24N4O. The first-order chi connectivity index (χ1) is 12.3. The zero-order chi connectivity index (χ0) is 17.1. The Morgan fingerprint density at radius 1 is 0.840 bits per heavy atom. The highest BCUT2D eigenvalue weighted by Crippen LogP contribution is 2.23. The van der Waals surface area contributed by atoms with Crippen LogP contribution in [0.3, 0.4) is 0 Å². The largest absolute Gasteiger partial charge is 0.368 e. The van der Waals surface area contributed by atoms with E-state index in [1.54, 1.807) is 0 Å². The highest BCUT2D eigenvalue weighted by Gasteiger charge is 2.33. The number of nitrogens with zero attached hydrogens (tertiary/aromatic N) is 2. The van der Waals surface area contributed by atoms with E-state index in [2.05, 4.69) is 52.1 Å². The van der Waals surface area contributed by atoms with E-state index in [1.165, 1.54) is 11.3 Å². The van der Waals surface area contributed by atoms with Gasteiger partial charge in [0, 0.05) is 37.9 Å². The topological polar surface area (TPSA) is 47.6 Å². The van der Waals surface area contributed by atoms with Gasteiger partial charge in [0.2, 0.25) is 5.91 Å². The molecule has 130 valence electrons. The molecule has 2 aliphatic rings. The van der Waals surface area contributed by atoms with E-state index in [9.17, 15) is 4.79 Å². The summed E-state index contributed by atoms with van der Waals surface area (Å²) in [7, 11) is 0. The minimum Gasteiger partial charge on any atom is -0.368 e. The van der Waals surface area contributed by atoms with Gasteiger partial charge >= 0.3 is 0 Å². The molecule has 4 rings (SSSR count). The zero-order valence-corrected chi connectivity index (χ0v) is 14.3. The van der Waals surface area contributed by atoms with Crippen molar-refractivity contribution in [1.29, 1.82) is 0 Å². The van der Waals surface area contributed by atoms with Crippen LogP contribution in [0.4, 0.5) is 5.69 Å². The lowest BCUT2D eigenvalue weighted by atomic mass is 10.0. The molecule has 0 bridgehead atoms. The van der Waals surface area contributed by atoms with Crippen molar-refractivity contribution in [3.63, 3.8) is 0 Å². The molecule has 25 heavy (non-hydrogen) atoms. The molecule has 2 fully saturated rings. The number of hydrogen-bond donors (Lipinski definition) is 2. The minimum absolute atomic E-state index is 0.145. The Labute approximate surface area is 148 Å². The number of hydrogen-bond acceptors (Lipinski definition) is 4. The van der Waals surface area contributed by atoms with Crippen molar-refractivity contribution in [2.75, 3.05) is 31.1 Å². The molecule has 5 nitrogen and oxygen atoms in total. The summed E-state index contributed by atoms with van der Waals surface area (Å²) in [6, 6.07) is 20.8.